The van der Waals surface area contributed by atoms with E-state index in [-0.39, 0.29) is 0 Å². The Bertz CT molecular complexity index is 769. The zero-order valence-electron chi connectivity index (χ0n) is 9.97. The molecular weight excluding hydrogens is 250 g/mol. The van der Waals surface area contributed by atoms with Gasteiger partial charge in [-0.05, 0) is 30.8 Å². The van der Waals surface area contributed by atoms with E-state index in [1.807, 2.05) is 23.8 Å². The Morgan fingerprint density at radius 3 is 3.00 bits per heavy atom. The maximum atomic E-state index is 5.28. The minimum Gasteiger partial charge on any atom is -0.340 e. The molecule has 0 aromatic carbocycles. The van der Waals surface area contributed by atoms with Gasteiger partial charge in [-0.3, -0.25) is 4.57 Å². The molecule has 0 atom stereocenters. The van der Waals surface area contributed by atoms with Gasteiger partial charge < -0.3 is 9.51 Å². The maximum Gasteiger partial charge on any atom is 0.223 e. The number of hydrogen-bond acceptors (Lipinski definition) is 5. The zero-order valence-corrected chi connectivity index (χ0v) is 10.8. The second kappa shape index (κ2) is 4.02. The Hall–Kier alpha value is -2.02. The summed E-state index contributed by atoms with van der Waals surface area (Å²) in [5.74, 6) is 1.13. The predicted molar refractivity (Wildman–Crippen MR) is 67.8 cm³/mol. The molecule has 3 rings (SSSR count). The average Bonchev–Trinajstić information content (AvgIpc) is 2.84. The first-order valence-electron chi connectivity index (χ1n) is 5.48. The molecule has 0 fully saturated rings. The van der Waals surface area contributed by atoms with Gasteiger partial charge in [-0.1, -0.05) is 5.16 Å². The van der Waals surface area contributed by atoms with Gasteiger partial charge in [0.2, 0.25) is 5.89 Å². The van der Waals surface area contributed by atoms with Crippen LogP contribution in [0.15, 0.2) is 16.8 Å². The van der Waals surface area contributed by atoms with Gasteiger partial charge in [0.05, 0.1) is 12.1 Å². The van der Waals surface area contributed by atoms with Gasteiger partial charge in [-0.25, -0.2) is 4.98 Å². The van der Waals surface area contributed by atoms with Crippen LogP contribution in [0, 0.1) is 18.6 Å². The maximum absolute atomic E-state index is 5.28. The molecule has 0 radical (unpaired) electrons. The Balaban J connectivity index is 2.11. The molecule has 18 heavy (non-hydrogen) atoms. The summed E-state index contributed by atoms with van der Waals surface area (Å²) in [6.07, 6.45) is 1.81. The smallest absolute Gasteiger partial charge is 0.223 e. The van der Waals surface area contributed by atoms with Gasteiger partial charge in [0, 0.05) is 13.1 Å². The van der Waals surface area contributed by atoms with Crippen molar-refractivity contribution in [3.05, 3.63) is 34.3 Å². The fraction of sp³-hybridized carbons (Fsp3) is 0.273. The summed E-state index contributed by atoms with van der Waals surface area (Å²) in [6.45, 7) is 4.20. The largest absolute Gasteiger partial charge is 0.340 e. The van der Waals surface area contributed by atoms with Crippen molar-refractivity contribution in [3.63, 3.8) is 0 Å². The minimum absolute atomic E-state index is 0.451. The predicted octanol–water partition coefficient (Wildman–Crippen LogP) is 2.14. The van der Waals surface area contributed by atoms with Gasteiger partial charge in [-0.15, -0.1) is 0 Å². The molecule has 0 aliphatic carbocycles. The normalized spacial score (nSPS) is 11.2. The van der Waals surface area contributed by atoms with E-state index in [1.54, 1.807) is 6.92 Å². The molecule has 1 N–H and O–H groups in total. The highest BCUT2D eigenvalue weighted by Gasteiger charge is 2.09. The van der Waals surface area contributed by atoms with E-state index in [1.165, 1.54) is 0 Å². The number of imidazole rings is 1. The first-order chi connectivity index (χ1) is 8.63. The van der Waals surface area contributed by atoms with Gasteiger partial charge >= 0.3 is 0 Å². The van der Waals surface area contributed by atoms with Crippen molar-refractivity contribution in [2.45, 2.75) is 20.4 Å². The van der Waals surface area contributed by atoms with Crippen molar-refractivity contribution in [3.8, 4) is 0 Å². The lowest BCUT2D eigenvalue weighted by atomic mass is 10.3. The lowest BCUT2D eigenvalue weighted by Gasteiger charge is -1.99. The van der Waals surface area contributed by atoms with Crippen LogP contribution in [0.1, 0.15) is 17.3 Å². The monoisotopic (exact) mass is 261 g/mol. The van der Waals surface area contributed by atoms with Crippen LogP contribution in [-0.2, 0) is 6.54 Å². The molecule has 0 bridgehead atoms. The highest BCUT2D eigenvalue weighted by molar-refractivity contribution is 7.71. The number of nitrogens with zero attached hydrogens (tertiary/aromatic N) is 4. The Kier molecular flexibility index (Phi) is 2.48. The molecule has 3 heterocycles. The topological polar surface area (TPSA) is 72.5 Å². The number of aromatic nitrogens is 5. The number of H-pyrrole nitrogens is 1. The third-order valence-electron chi connectivity index (χ3n) is 2.61. The second-order valence-electron chi connectivity index (χ2n) is 4.13. The molecule has 0 spiro atoms. The van der Waals surface area contributed by atoms with Crippen LogP contribution >= 0.6 is 12.2 Å². The third-order valence-corrected chi connectivity index (χ3v) is 2.94. The SMILES string of the molecule is Cc1cnc2c(c1)[nH]c(=S)n2Cc1noc(C)n1. The molecular formula is C11H11N5OS. The standard InChI is InChI=1S/C11H11N5OS/c1-6-3-8-10(12-4-6)16(11(18)14-8)5-9-13-7(2)17-15-9/h3-4H,5H2,1-2H3,(H,14,18). The quantitative estimate of drug-likeness (QED) is 0.715. The molecule has 0 unspecified atom stereocenters. The zero-order chi connectivity index (χ0) is 12.7. The molecule has 0 saturated carbocycles. The molecule has 7 heteroatoms. The molecule has 3 aromatic heterocycles. The Labute approximate surface area is 108 Å². The lowest BCUT2D eigenvalue weighted by molar-refractivity contribution is 0.386. The number of aromatic amines is 1. The van der Waals surface area contributed by atoms with Crippen LogP contribution in [0.4, 0.5) is 0 Å². The lowest BCUT2D eigenvalue weighted by Crippen LogP contribution is -2.02. The fourth-order valence-electron chi connectivity index (χ4n) is 1.84. The van der Waals surface area contributed by atoms with E-state index in [0.717, 1.165) is 16.7 Å². The fourth-order valence-corrected chi connectivity index (χ4v) is 2.10. The van der Waals surface area contributed by atoms with E-state index in [4.69, 9.17) is 16.7 Å². The van der Waals surface area contributed by atoms with Crippen molar-refractivity contribution >= 4 is 23.4 Å². The van der Waals surface area contributed by atoms with E-state index < -0.39 is 0 Å². The van der Waals surface area contributed by atoms with Crippen LogP contribution in [0.25, 0.3) is 11.2 Å². The van der Waals surface area contributed by atoms with Crippen molar-refractivity contribution in [2.24, 2.45) is 0 Å². The number of hydrogen-bond donors (Lipinski definition) is 1. The second-order valence-corrected chi connectivity index (χ2v) is 4.52. The molecule has 0 saturated heterocycles. The third kappa shape index (κ3) is 1.82. The van der Waals surface area contributed by atoms with Crippen LogP contribution < -0.4 is 0 Å². The molecule has 0 aliphatic heterocycles. The summed E-state index contributed by atoms with van der Waals surface area (Å²) < 4.78 is 7.40. The highest BCUT2D eigenvalue weighted by Crippen LogP contribution is 2.14. The summed E-state index contributed by atoms with van der Waals surface area (Å²) >= 11 is 5.28. The van der Waals surface area contributed by atoms with Crippen LogP contribution in [-0.4, -0.2) is 24.7 Å². The van der Waals surface area contributed by atoms with Gasteiger partial charge in [0.1, 0.15) is 0 Å². The summed E-state index contributed by atoms with van der Waals surface area (Å²) in [5.41, 5.74) is 2.80. The number of rotatable bonds is 2. The van der Waals surface area contributed by atoms with Crippen LogP contribution in [0.5, 0.6) is 0 Å². The molecule has 0 amide bonds. The Morgan fingerprint density at radius 2 is 2.28 bits per heavy atom. The number of nitrogens with one attached hydrogen (secondary N) is 1. The van der Waals surface area contributed by atoms with Gasteiger partial charge in [0.15, 0.2) is 16.2 Å². The molecule has 92 valence electrons. The Morgan fingerprint density at radius 1 is 1.44 bits per heavy atom. The van der Waals surface area contributed by atoms with E-state index in [0.29, 0.717) is 23.0 Å². The molecule has 3 aromatic rings. The number of fused-ring (bicyclic) bond motifs is 1. The van der Waals surface area contributed by atoms with E-state index in [9.17, 15) is 0 Å². The average molecular weight is 261 g/mol. The van der Waals surface area contributed by atoms with E-state index >= 15 is 0 Å². The first kappa shape index (κ1) is 11.1. The van der Waals surface area contributed by atoms with Crippen molar-refractivity contribution in [1.29, 1.82) is 0 Å². The van der Waals surface area contributed by atoms with Crippen molar-refractivity contribution in [1.82, 2.24) is 24.7 Å². The van der Waals surface area contributed by atoms with Gasteiger partial charge in [-0.2, -0.15) is 4.98 Å². The summed E-state index contributed by atoms with van der Waals surface area (Å²) in [5, 5.41) is 3.86. The van der Waals surface area contributed by atoms with E-state index in [2.05, 4.69) is 20.1 Å². The summed E-state index contributed by atoms with van der Waals surface area (Å²) in [6, 6.07) is 2.01. The van der Waals surface area contributed by atoms with Gasteiger partial charge in [0.25, 0.3) is 0 Å². The first-order valence-corrected chi connectivity index (χ1v) is 5.88. The highest BCUT2D eigenvalue weighted by atomic mass is 32.1. The van der Waals surface area contributed by atoms with Crippen molar-refractivity contribution in [2.75, 3.05) is 0 Å². The van der Waals surface area contributed by atoms with Crippen LogP contribution in [0.3, 0.4) is 0 Å². The number of pyridine rings is 1. The minimum atomic E-state index is 0.451. The van der Waals surface area contributed by atoms with Crippen molar-refractivity contribution < 1.29 is 4.52 Å². The number of aryl methyl sites for hydroxylation is 2. The van der Waals surface area contributed by atoms with Crippen LogP contribution in [0.2, 0.25) is 0 Å². The molecule has 6 nitrogen and oxygen atoms in total. The molecule has 0 aliphatic rings. The summed E-state index contributed by atoms with van der Waals surface area (Å²) in [7, 11) is 0. The summed E-state index contributed by atoms with van der Waals surface area (Å²) in [4.78, 5) is 11.7.